The van der Waals surface area contributed by atoms with Crippen LogP contribution in [0.2, 0.25) is 0 Å². The molecule has 5 heteroatoms. The van der Waals surface area contributed by atoms with Crippen molar-refractivity contribution in [2.24, 2.45) is 5.92 Å². The molecule has 1 amide bonds. The molecule has 3 rings (SSSR count). The van der Waals surface area contributed by atoms with Crippen molar-refractivity contribution in [3.8, 4) is 5.75 Å². The van der Waals surface area contributed by atoms with Crippen LogP contribution in [0.25, 0.3) is 0 Å². The lowest BCUT2D eigenvalue weighted by Crippen LogP contribution is -2.40. The molecule has 5 nitrogen and oxygen atoms in total. The number of rotatable bonds is 6. The van der Waals surface area contributed by atoms with Crippen LogP contribution in [0.15, 0.2) is 48.5 Å². The van der Waals surface area contributed by atoms with Crippen LogP contribution in [-0.4, -0.2) is 44.6 Å². The first-order chi connectivity index (χ1) is 12.7. The van der Waals surface area contributed by atoms with Crippen LogP contribution in [0.4, 0.5) is 11.4 Å². The smallest absolute Gasteiger partial charge is 0.255 e. The standard InChI is InChI=1S/C21H27N3O2/c1-22-15-16-11-13-24(14-12-16)21(25)19-5-3-4-6-20(19)23-17-7-9-18(26-2)10-8-17/h3-10,16,22-23H,11-15H2,1-2H3. The van der Waals surface area contributed by atoms with Crippen molar-refractivity contribution in [1.82, 2.24) is 10.2 Å². The molecule has 1 aliphatic rings. The molecule has 1 heterocycles. The van der Waals surface area contributed by atoms with E-state index >= 15 is 0 Å². The quantitative estimate of drug-likeness (QED) is 0.834. The minimum Gasteiger partial charge on any atom is -0.497 e. The zero-order valence-electron chi connectivity index (χ0n) is 15.5. The second-order valence-corrected chi connectivity index (χ2v) is 6.69. The SMILES string of the molecule is CNCC1CCN(C(=O)c2ccccc2Nc2ccc(OC)cc2)CC1. The first-order valence-electron chi connectivity index (χ1n) is 9.15. The summed E-state index contributed by atoms with van der Waals surface area (Å²) in [4.78, 5) is 15.0. The number of piperidine rings is 1. The number of para-hydroxylation sites is 1. The van der Waals surface area contributed by atoms with E-state index in [0.717, 1.165) is 55.2 Å². The van der Waals surface area contributed by atoms with Gasteiger partial charge < -0.3 is 20.3 Å². The van der Waals surface area contributed by atoms with E-state index in [4.69, 9.17) is 4.74 Å². The molecule has 0 aliphatic carbocycles. The first-order valence-corrected chi connectivity index (χ1v) is 9.15. The molecule has 0 bridgehead atoms. The van der Waals surface area contributed by atoms with Gasteiger partial charge in [0, 0.05) is 18.8 Å². The number of anilines is 2. The van der Waals surface area contributed by atoms with Gasteiger partial charge in [0.05, 0.1) is 18.4 Å². The highest BCUT2D eigenvalue weighted by Crippen LogP contribution is 2.25. The van der Waals surface area contributed by atoms with E-state index in [1.807, 2.05) is 60.5 Å². The summed E-state index contributed by atoms with van der Waals surface area (Å²) in [5.41, 5.74) is 2.48. The van der Waals surface area contributed by atoms with Crippen LogP contribution < -0.4 is 15.4 Å². The Kier molecular flexibility index (Phi) is 6.12. The van der Waals surface area contributed by atoms with Crippen LogP contribution in [0, 0.1) is 5.92 Å². The molecule has 0 atom stereocenters. The van der Waals surface area contributed by atoms with Crippen molar-refractivity contribution in [1.29, 1.82) is 0 Å². The predicted octanol–water partition coefficient (Wildman–Crippen LogP) is 3.51. The largest absolute Gasteiger partial charge is 0.497 e. The highest BCUT2D eigenvalue weighted by Gasteiger charge is 2.24. The highest BCUT2D eigenvalue weighted by atomic mass is 16.5. The molecule has 0 aromatic heterocycles. The summed E-state index contributed by atoms with van der Waals surface area (Å²) >= 11 is 0. The molecule has 1 aliphatic heterocycles. The number of benzene rings is 2. The summed E-state index contributed by atoms with van der Waals surface area (Å²) in [5, 5.41) is 6.60. The normalized spacial score (nSPS) is 14.9. The minimum absolute atomic E-state index is 0.101. The molecule has 1 fully saturated rings. The molecule has 0 unspecified atom stereocenters. The molecule has 2 aromatic rings. The van der Waals surface area contributed by atoms with Crippen LogP contribution in [-0.2, 0) is 0 Å². The highest BCUT2D eigenvalue weighted by molar-refractivity contribution is 6.00. The van der Waals surface area contributed by atoms with Gasteiger partial charge in [0.25, 0.3) is 5.91 Å². The van der Waals surface area contributed by atoms with Gasteiger partial charge in [-0.2, -0.15) is 0 Å². The van der Waals surface area contributed by atoms with Crippen LogP contribution in [0.5, 0.6) is 5.75 Å². The Balaban J connectivity index is 1.71. The van der Waals surface area contributed by atoms with Crippen LogP contribution in [0.1, 0.15) is 23.2 Å². The summed E-state index contributed by atoms with van der Waals surface area (Å²) in [7, 11) is 3.63. The summed E-state index contributed by atoms with van der Waals surface area (Å²) in [6.45, 7) is 2.67. The lowest BCUT2D eigenvalue weighted by Gasteiger charge is -2.32. The number of hydrogen-bond acceptors (Lipinski definition) is 4. The zero-order chi connectivity index (χ0) is 18.4. The van der Waals surface area contributed by atoms with E-state index in [1.54, 1.807) is 7.11 Å². The minimum atomic E-state index is 0.101. The van der Waals surface area contributed by atoms with E-state index in [9.17, 15) is 4.79 Å². The zero-order valence-corrected chi connectivity index (χ0v) is 15.5. The van der Waals surface area contributed by atoms with Gasteiger partial charge in [-0.05, 0) is 68.8 Å². The molecule has 2 N–H and O–H groups in total. The number of ether oxygens (including phenoxy) is 1. The Hall–Kier alpha value is -2.53. The van der Waals surface area contributed by atoms with Crippen molar-refractivity contribution < 1.29 is 9.53 Å². The number of carbonyl (C=O) groups is 1. The van der Waals surface area contributed by atoms with Gasteiger partial charge >= 0.3 is 0 Å². The number of nitrogens with one attached hydrogen (secondary N) is 2. The number of hydrogen-bond donors (Lipinski definition) is 2. The van der Waals surface area contributed by atoms with Crippen molar-refractivity contribution in [2.45, 2.75) is 12.8 Å². The molecular formula is C21H27N3O2. The van der Waals surface area contributed by atoms with E-state index in [0.29, 0.717) is 5.92 Å². The Labute approximate surface area is 155 Å². The van der Waals surface area contributed by atoms with Gasteiger partial charge in [0.1, 0.15) is 5.75 Å². The third-order valence-corrected chi connectivity index (χ3v) is 4.92. The van der Waals surface area contributed by atoms with Crippen molar-refractivity contribution >= 4 is 17.3 Å². The topological polar surface area (TPSA) is 53.6 Å². The predicted molar refractivity (Wildman–Crippen MR) is 105 cm³/mol. The van der Waals surface area contributed by atoms with Gasteiger partial charge in [-0.1, -0.05) is 12.1 Å². The number of amides is 1. The average molecular weight is 353 g/mol. The average Bonchev–Trinajstić information content (AvgIpc) is 2.69. The van der Waals surface area contributed by atoms with E-state index in [2.05, 4.69) is 10.6 Å². The van der Waals surface area contributed by atoms with Gasteiger partial charge in [-0.25, -0.2) is 0 Å². The fourth-order valence-corrected chi connectivity index (χ4v) is 3.41. The van der Waals surface area contributed by atoms with E-state index in [-0.39, 0.29) is 5.91 Å². The van der Waals surface area contributed by atoms with Gasteiger partial charge in [0.2, 0.25) is 0 Å². The van der Waals surface area contributed by atoms with E-state index < -0.39 is 0 Å². The third-order valence-electron chi connectivity index (χ3n) is 4.92. The lowest BCUT2D eigenvalue weighted by molar-refractivity contribution is 0.0692. The Morgan fingerprint density at radius 1 is 1.12 bits per heavy atom. The molecule has 2 aromatic carbocycles. The molecular weight excluding hydrogens is 326 g/mol. The first kappa shape index (κ1) is 18.3. The Bertz CT molecular complexity index is 722. The van der Waals surface area contributed by atoms with Crippen molar-refractivity contribution in [3.05, 3.63) is 54.1 Å². The van der Waals surface area contributed by atoms with Gasteiger partial charge in [-0.15, -0.1) is 0 Å². The molecule has 1 saturated heterocycles. The van der Waals surface area contributed by atoms with E-state index in [1.165, 1.54) is 0 Å². The second kappa shape index (κ2) is 8.72. The maximum Gasteiger partial charge on any atom is 0.255 e. The van der Waals surface area contributed by atoms with Gasteiger partial charge in [-0.3, -0.25) is 4.79 Å². The number of carbonyl (C=O) groups excluding carboxylic acids is 1. The number of likely N-dealkylation sites (tertiary alicyclic amines) is 1. The summed E-state index contributed by atoms with van der Waals surface area (Å²) in [5.74, 6) is 1.57. The fourth-order valence-electron chi connectivity index (χ4n) is 3.41. The summed E-state index contributed by atoms with van der Waals surface area (Å²) in [6.07, 6.45) is 2.11. The lowest BCUT2D eigenvalue weighted by atomic mass is 9.96. The Morgan fingerprint density at radius 2 is 1.81 bits per heavy atom. The number of methoxy groups -OCH3 is 1. The summed E-state index contributed by atoms with van der Waals surface area (Å²) < 4.78 is 5.19. The monoisotopic (exact) mass is 353 g/mol. The van der Waals surface area contributed by atoms with Crippen LogP contribution >= 0.6 is 0 Å². The fraction of sp³-hybridized carbons (Fsp3) is 0.381. The maximum atomic E-state index is 13.0. The molecule has 0 radical (unpaired) electrons. The van der Waals surface area contributed by atoms with Gasteiger partial charge in [0.15, 0.2) is 0 Å². The molecule has 0 spiro atoms. The van der Waals surface area contributed by atoms with Crippen molar-refractivity contribution in [2.75, 3.05) is 39.1 Å². The maximum absolute atomic E-state index is 13.0. The van der Waals surface area contributed by atoms with Crippen LogP contribution in [0.3, 0.4) is 0 Å². The summed E-state index contributed by atoms with van der Waals surface area (Å²) in [6, 6.07) is 15.4. The third kappa shape index (κ3) is 4.35. The number of nitrogens with zero attached hydrogens (tertiary/aromatic N) is 1. The van der Waals surface area contributed by atoms with Crippen molar-refractivity contribution in [3.63, 3.8) is 0 Å². The molecule has 138 valence electrons. The second-order valence-electron chi connectivity index (χ2n) is 6.69. The molecule has 0 saturated carbocycles. The molecule has 26 heavy (non-hydrogen) atoms. The Morgan fingerprint density at radius 3 is 2.46 bits per heavy atom.